The molecule has 0 aliphatic rings. The van der Waals surface area contributed by atoms with Gasteiger partial charge in [0.05, 0.1) is 12.4 Å². The average molecular weight is 179 g/mol. The molecule has 0 radical (unpaired) electrons. The highest BCUT2D eigenvalue weighted by Crippen LogP contribution is 2.04. The van der Waals surface area contributed by atoms with Crippen LogP contribution in [-0.2, 0) is 11.1 Å². The van der Waals surface area contributed by atoms with E-state index < -0.39 is 11.1 Å². The van der Waals surface area contributed by atoms with Gasteiger partial charge in [-0.15, -0.1) is 0 Å². The SMILES string of the molecule is O=S(O)c1cncc(Cl)n1. The third-order valence-electron chi connectivity index (χ3n) is 0.762. The van der Waals surface area contributed by atoms with Crippen LogP contribution in [0.25, 0.3) is 0 Å². The van der Waals surface area contributed by atoms with Crippen LogP contribution in [0.4, 0.5) is 0 Å². The molecule has 0 aliphatic carbocycles. The molecular formula is C4H3ClN2O2S. The van der Waals surface area contributed by atoms with Gasteiger partial charge in [-0.05, 0) is 0 Å². The Balaban J connectivity index is 3.07. The lowest BCUT2D eigenvalue weighted by atomic mass is 10.8. The van der Waals surface area contributed by atoms with Gasteiger partial charge in [0, 0.05) is 0 Å². The fourth-order valence-corrected chi connectivity index (χ4v) is 0.935. The maximum Gasteiger partial charge on any atom is 0.207 e. The van der Waals surface area contributed by atoms with Gasteiger partial charge in [0.25, 0.3) is 0 Å². The summed E-state index contributed by atoms with van der Waals surface area (Å²) in [6, 6.07) is 0. The van der Waals surface area contributed by atoms with Gasteiger partial charge in [0.1, 0.15) is 5.15 Å². The fourth-order valence-electron chi connectivity index (χ4n) is 0.410. The van der Waals surface area contributed by atoms with Crippen LogP contribution < -0.4 is 0 Å². The van der Waals surface area contributed by atoms with Gasteiger partial charge in [0.2, 0.25) is 11.1 Å². The minimum Gasteiger partial charge on any atom is -0.301 e. The molecule has 0 fully saturated rings. The Morgan fingerprint density at radius 3 is 2.70 bits per heavy atom. The third-order valence-corrected chi connectivity index (χ3v) is 1.50. The highest BCUT2D eigenvalue weighted by Gasteiger charge is 2.00. The molecule has 0 amide bonds. The molecule has 1 N–H and O–H groups in total. The lowest BCUT2D eigenvalue weighted by molar-refractivity contribution is 0.560. The van der Waals surface area contributed by atoms with Crippen molar-refractivity contribution in [2.45, 2.75) is 5.03 Å². The fraction of sp³-hybridized carbons (Fsp3) is 0. The molecule has 6 heteroatoms. The van der Waals surface area contributed by atoms with Crippen LogP contribution in [0.15, 0.2) is 17.4 Å². The van der Waals surface area contributed by atoms with E-state index in [4.69, 9.17) is 16.2 Å². The summed E-state index contributed by atoms with van der Waals surface area (Å²) in [7, 11) is 0. The van der Waals surface area contributed by atoms with Gasteiger partial charge < -0.3 is 4.55 Å². The van der Waals surface area contributed by atoms with Gasteiger partial charge in [-0.3, -0.25) is 4.98 Å². The van der Waals surface area contributed by atoms with Gasteiger partial charge in [0.15, 0.2) is 5.03 Å². The van der Waals surface area contributed by atoms with Crippen LogP contribution in [0.5, 0.6) is 0 Å². The molecule has 1 unspecified atom stereocenters. The highest BCUT2D eigenvalue weighted by atomic mass is 35.5. The summed E-state index contributed by atoms with van der Waals surface area (Å²) < 4.78 is 18.8. The Hall–Kier alpha value is -0.520. The molecule has 1 aromatic rings. The van der Waals surface area contributed by atoms with E-state index in [1.807, 2.05) is 0 Å². The first-order valence-corrected chi connectivity index (χ1v) is 3.77. The molecule has 1 heterocycles. The van der Waals surface area contributed by atoms with Crippen LogP contribution in [-0.4, -0.2) is 18.7 Å². The van der Waals surface area contributed by atoms with E-state index in [1.54, 1.807) is 0 Å². The van der Waals surface area contributed by atoms with E-state index in [0.717, 1.165) is 0 Å². The molecule has 0 spiro atoms. The summed E-state index contributed by atoms with van der Waals surface area (Å²) in [6.07, 6.45) is 2.47. The lowest BCUT2D eigenvalue weighted by Crippen LogP contribution is -1.93. The lowest BCUT2D eigenvalue weighted by Gasteiger charge is -1.91. The zero-order chi connectivity index (χ0) is 7.56. The summed E-state index contributed by atoms with van der Waals surface area (Å²) in [5.41, 5.74) is 0. The van der Waals surface area contributed by atoms with E-state index in [1.165, 1.54) is 12.4 Å². The molecule has 0 saturated heterocycles. The smallest absolute Gasteiger partial charge is 0.207 e. The Morgan fingerprint density at radius 1 is 1.60 bits per heavy atom. The van der Waals surface area contributed by atoms with Crippen molar-refractivity contribution in [3.8, 4) is 0 Å². The number of hydrogen-bond donors (Lipinski definition) is 1. The van der Waals surface area contributed by atoms with E-state index >= 15 is 0 Å². The van der Waals surface area contributed by atoms with Crippen molar-refractivity contribution >= 4 is 22.7 Å². The summed E-state index contributed by atoms with van der Waals surface area (Å²) in [5, 5.41) is 0.0763. The van der Waals surface area contributed by atoms with Gasteiger partial charge in [-0.1, -0.05) is 11.6 Å². The zero-order valence-electron chi connectivity index (χ0n) is 4.69. The van der Waals surface area contributed by atoms with Crippen molar-refractivity contribution < 1.29 is 8.76 Å². The maximum absolute atomic E-state index is 10.3. The number of rotatable bonds is 1. The first kappa shape index (κ1) is 7.59. The number of nitrogens with zero attached hydrogens (tertiary/aromatic N) is 2. The predicted octanol–water partition coefficient (Wildman–Crippen LogP) is 0.711. The van der Waals surface area contributed by atoms with Crippen molar-refractivity contribution in [3.63, 3.8) is 0 Å². The second-order valence-electron chi connectivity index (χ2n) is 1.43. The van der Waals surface area contributed by atoms with Crippen LogP contribution in [0.1, 0.15) is 0 Å². The Kier molecular flexibility index (Phi) is 2.31. The van der Waals surface area contributed by atoms with Gasteiger partial charge in [-0.2, -0.15) is 0 Å². The third kappa shape index (κ3) is 1.73. The zero-order valence-corrected chi connectivity index (χ0v) is 6.26. The second-order valence-corrected chi connectivity index (χ2v) is 2.73. The Morgan fingerprint density at radius 2 is 2.30 bits per heavy atom. The second kappa shape index (κ2) is 3.05. The monoisotopic (exact) mass is 178 g/mol. The number of hydrogen-bond acceptors (Lipinski definition) is 3. The molecular weight excluding hydrogens is 176 g/mol. The molecule has 4 nitrogen and oxygen atoms in total. The van der Waals surface area contributed by atoms with Crippen LogP contribution in [0.2, 0.25) is 5.15 Å². The number of halogens is 1. The molecule has 0 aliphatic heterocycles. The quantitative estimate of drug-likeness (QED) is 0.644. The molecule has 0 saturated carbocycles. The molecule has 54 valence electrons. The van der Waals surface area contributed by atoms with Crippen LogP contribution in [0, 0.1) is 0 Å². The highest BCUT2D eigenvalue weighted by molar-refractivity contribution is 7.79. The molecule has 0 bridgehead atoms. The van der Waals surface area contributed by atoms with E-state index in [0.29, 0.717) is 0 Å². The average Bonchev–Trinajstić information content (AvgIpc) is 1.88. The molecule has 1 aromatic heterocycles. The normalized spacial score (nSPS) is 13.0. The van der Waals surface area contributed by atoms with Crippen molar-refractivity contribution in [2.75, 3.05) is 0 Å². The summed E-state index contributed by atoms with van der Waals surface area (Å²) in [5.74, 6) is 0. The van der Waals surface area contributed by atoms with Crippen molar-refractivity contribution in [2.24, 2.45) is 0 Å². The van der Waals surface area contributed by atoms with E-state index in [-0.39, 0.29) is 10.2 Å². The summed E-state index contributed by atoms with van der Waals surface area (Å²) in [6.45, 7) is 0. The largest absolute Gasteiger partial charge is 0.301 e. The van der Waals surface area contributed by atoms with Gasteiger partial charge in [-0.25, -0.2) is 9.19 Å². The molecule has 1 atom stereocenters. The van der Waals surface area contributed by atoms with Crippen molar-refractivity contribution in [3.05, 3.63) is 17.5 Å². The Bertz CT molecular complexity index is 267. The minimum absolute atomic E-state index is 0.0347. The maximum atomic E-state index is 10.3. The van der Waals surface area contributed by atoms with Crippen molar-refractivity contribution in [1.29, 1.82) is 0 Å². The van der Waals surface area contributed by atoms with Crippen molar-refractivity contribution in [1.82, 2.24) is 9.97 Å². The standard InChI is InChI=1S/C4H3ClN2O2S/c5-3-1-6-2-4(7-3)10(8)9/h1-2H,(H,8,9). The molecule has 1 rings (SSSR count). The molecule has 10 heavy (non-hydrogen) atoms. The topological polar surface area (TPSA) is 63.1 Å². The minimum atomic E-state index is -2.10. The van der Waals surface area contributed by atoms with E-state index in [2.05, 4.69) is 9.97 Å². The summed E-state index contributed by atoms with van der Waals surface area (Å²) in [4.78, 5) is 7.08. The molecule has 0 aromatic carbocycles. The van der Waals surface area contributed by atoms with E-state index in [9.17, 15) is 4.21 Å². The first-order chi connectivity index (χ1) is 4.70. The number of aromatic nitrogens is 2. The Labute approximate surface area is 64.6 Å². The van der Waals surface area contributed by atoms with Crippen LogP contribution >= 0.6 is 11.6 Å². The summed E-state index contributed by atoms with van der Waals surface area (Å²) >= 11 is 3.27. The predicted molar refractivity (Wildman–Crippen MR) is 36.1 cm³/mol. The first-order valence-electron chi connectivity index (χ1n) is 2.28. The van der Waals surface area contributed by atoms with Gasteiger partial charge >= 0.3 is 0 Å². The van der Waals surface area contributed by atoms with Crippen LogP contribution in [0.3, 0.4) is 0 Å².